The highest BCUT2D eigenvalue weighted by Gasteiger charge is 2.36. The van der Waals surface area contributed by atoms with E-state index in [0.29, 0.717) is 75.6 Å². The van der Waals surface area contributed by atoms with Crippen LogP contribution < -0.4 is 9.47 Å². The molecule has 2 unspecified atom stereocenters. The van der Waals surface area contributed by atoms with Crippen molar-refractivity contribution in [1.82, 2.24) is 0 Å². The summed E-state index contributed by atoms with van der Waals surface area (Å²) in [5, 5.41) is 0. The van der Waals surface area contributed by atoms with E-state index in [1.54, 1.807) is 25.1 Å². The minimum atomic E-state index is -0.428. The lowest BCUT2D eigenvalue weighted by Crippen LogP contribution is -2.26. The molecule has 0 radical (unpaired) electrons. The van der Waals surface area contributed by atoms with E-state index in [9.17, 15) is 24.0 Å². The Kier molecular flexibility index (Phi) is 18.8. The second kappa shape index (κ2) is 23.2. The van der Waals surface area contributed by atoms with Crippen molar-refractivity contribution in [2.24, 2.45) is 23.7 Å². The molecule has 0 amide bonds. The third-order valence-corrected chi connectivity index (χ3v) is 9.62. The van der Waals surface area contributed by atoms with Gasteiger partial charge >= 0.3 is 29.8 Å². The molecule has 52 heavy (non-hydrogen) atoms. The van der Waals surface area contributed by atoms with Crippen LogP contribution in [-0.2, 0) is 42.9 Å². The van der Waals surface area contributed by atoms with Crippen LogP contribution in [0, 0.1) is 30.6 Å². The van der Waals surface area contributed by atoms with Crippen LogP contribution in [0.2, 0.25) is 0 Å². The van der Waals surface area contributed by atoms with Crippen LogP contribution in [0.5, 0.6) is 11.5 Å². The Morgan fingerprint density at radius 1 is 0.596 bits per heavy atom. The fourth-order valence-electron chi connectivity index (χ4n) is 6.44. The van der Waals surface area contributed by atoms with Gasteiger partial charge < -0.3 is 28.4 Å². The summed E-state index contributed by atoms with van der Waals surface area (Å²) in [6, 6.07) is 4.96. The van der Waals surface area contributed by atoms with Crippen LogP contribution in [0.25, 0.3) is 0 Å². The standard InChI is InChI=1S/C41H56O11/c1-5-37(42)48-24-12-8-7-11-23-47-30(4)31-15-17-32(18-16-31)40(45)51-35-21-22-36(29(3)27-35)52-41(46)34-20-19-33(28-34)39(44)50-26-14-10-9-13-25-49-38(43)6-2/h5-6,21-22,27,31-34H,1-2,4,7-20,23-26,28H2,3H3. The van der Waals surface area contributed by atoms with Gasteiger partial charge in [0.1, 0.15) is 11.5 Å². The Hall–Kier alpha value is -4.41. The predicted molar refractivity (Wildman–Crippen MR) is 194 cm³/mol. The first-order valence-corrected chi connectivity index (χ1v) is 18.7. The molecule has 1 aromatic carbocycles. The second-order valence-electron chi connectivity index (χ2n) is 13.6. The van der Waals surface area contributed by atoms with Crippen LogP contribution in [-0.4, -0.2) is 56.3 Å². The molecule has 11 nitrogen and oxygen atoms in total. The lowest BCUT2D eigenvalue weighted by molar-refractivity contribution is -0.149. The molecule has 0 bridgehead atoms. The van der Waals surface area contributed by atoms with Gasteiger partial charge in [0.2, 0.25) is 0 Å². The van der Waals surface area contributed by atoms with Gasteiger partial charge in [0.15, 0.2) is 0 Å². The summed E-state index contributed by atoms with van der Waals surface area (Å²) in [5.74, 6) is -0.923. The Balaban J connectivity index is 1.29. The molecule has 11 heteroatoms. The van der Waals surface area contributed by atoms with E-state index in [1.807, 2.05) is 0 Å². The Morgan fingerprint density at radius 3 is 1.60 bits per heavy atom. The first-order valence-electron chi connectivity index (χ1n) is 18.7. The van der Waals surface area contributed by atoms with E-state index >= 15 is 0 Å². The van der Waals surface area contributed by atoms with Crippen LogP contribution in [0.1, 0.15) is 102 Å². The van der Waals surface area contributed by atoms with Gasteiger partial charge in [0.25, 0.3) is 0 Å². The number of rotatable bonds is 23. The van der Waals surface area contributed by atoms with Gasteiger partial charge in [0.05, 0.1) is 49.9 Å². The highest BCUT2D eigenvalue weighted by Crippen LogP contribution is 2.36. The van der Waals surface area contributed by atoms with Gasteiger partial charge in [-0.15, -0.1) is 0 Å². The summed E-state index contributed by atoms with van der Waals surface area (Å²) < 4.78 is 32.7. The third-order valence-electron chi connectivity index (χ3n) is 9.62. The molecule has 0 heterocycles. The summed E-state index contributed by atoms with van der Waals surface area (Å²) in [6.45, 7) is 14.3. The Labute approximate surface area is 308 Å². The molecule has 0 spiro atoms. The van der Waals surface area contributed by atoms with Gasteiger partial charge in [-0.25, -0.2) is 9.59 Å². The van der Waals surface area contributed by atoms with Crippen molar-refractivity contribution in [2.45, 2.75) is 103 Å². The molecule has 2 fully saturated rings. The van der Waals surface area contributed by atoms with Crippen LogP contribution in [0.15, 0.2) is 55.8 Å². The highest BCUT2D eigenvalue weighted by molar-refractivity contribution is 5.81. The van der Waals surface area contributed by atoms with E-state index in [2.05, 4.69) is 19.7 Å². The molecule has 0 aliphatic heterocycles. The zero-order valence-electron chi connectivity index (χ0n) is 30.7. The quantitative estimate of drug-likeness (QED) is 0.0274. The van der Waals surface area contributed by atoms with Crippen molar-refractivity contribution in [1.29, 1.82) is 0 Å². The monoisotopic (exact) mass is 724 g/mol. The smallest absolute Gasteiger partial charge is 0.330 e. The lowest BCUT2D eigenvalue weighted by Gasteiger charge is -2.28. The third kappa shape index (κ3) is 15.1. The predicted octanol–water partition coefficient (Wildman–Crippen LogP) is 7.68. The fraction of sp³-hybridized carbons (Fsp3) is 0.585. The highest BCUT2D eigenvalue weighted by atomic mass is 16.6. The molecule has 0 N–H and O–H groups in total. The summed E-state index contributed by atoms with van der Waals surface area (Å²) in [7, 11) is 0. The minimum Gasteiger partial charge on any atom is -0.498 e. The molecular formula is C41H56O11. The number of benzene rings is 1. The van der Waals surface area contributed by atoms with Gasteiger partial charge in [-0.3, -0.25) is 14.4 Å². The van der Waals surface area contributed by atoms with E-state index < -0.39 is 17.9 Å². The maximum atomic E-state index is 13.0. The Bertz CT molecular complexity index is 1370. The number of carbonyl (C=O) groups is 5. The van der Waals surface area contributed by atoms with Crippen molar-refractivity contribution < 1.29 is 52.4 Å². The fourth-order valence-corrected chi connectivity index (χ4v) is 6.44. The number of ether oxygens (including phenoxy) is 6. The maximum Gasteiger partial charge on any atom is 0.330 e. The van der Waals surface area contributed by atoms with Gasteiger partial charge in [0, 0.05) is 18.1 Å². The van der Waals surface area contributed by atoms with Crippen molar-refractivity contribution in [2.75, 3.05) is 26.4 Å². The van der Waals surface area contributed by atoms with Crippen LogP contribution in [0.4, 0.5) is 0 Å². The Morgan fingerprint density at radius 2 is 1.06 bits per heavy atom. The molecule has 2 aliphatic rings. The largest absolute Gasteiger partial charge is 0.498 e. The number of hydrogen-bond donors (Lipinski definition) is 0. The number of carbonyl (C=O) groups excluding carboxylic acids is 5. The van der Waals surface area contributed by atoms with Crippen LogP contribution in [0.3, 0.4) is 0 Å². The van der Waals surface area contributed by atoms with Crippen molar-refractivity contribution in [3.8, 4) is 11.5 Å². The van der Waals surface area contributed by atoms with E-state index in [1.165, 1.54) is 0 Å². The average molecular weight is 725 g/mol. The second-order valence-corrected chi connectivity index (χ2v) is 13.6. The number of hydrogen-bond acceptors (Lipinski definition) is 11. The van der Waals surface area contributed by atoms with Gasteiger partial charge in [-0.1, -0.05) is 19.7 Å². The number of allylic oxidation sites excluding steroid dienone is 1. The minimum absolute atomic E-state index is 0.209. The molecule has 2 aliphatic carbocycles. The molecule has 2 atom stereocenters. The van der Waals surface area contributed by atoms with E-state index in [0.717, 1.165) is 82.1 Å². The topological polar surface area (TPSA) is 141 Å². The summed E-state index contributed by atoms with van der Waals surface area (Å²) in [5.41, 5.74) is 0.666. The van der Waals surface area contributed by atoms with Gasteiger partial charge in [-0.05, 0) is 127 Å². The maximum absolute atomic E-state index is 13.0. The molecule has 286 valence electrons. The average Bonchev–Trinajstić information content (AvgIpc) is 3.65. The molecule has 0 saturated heterocycles. The van der Waals surface area contributed by atoms with Crippen molar-refractivity contribution in [3.05, 3.63) is 61.4 Å². The molecule has 0 aromatic heterocycles. The van der Waals surface area contributed by atoms with E-state index in [4.69, 9.17) is 28.4 Å². The van der Waals surface area contributed by atoms with Crippen LogP contribution >= 0.6 is 0 Å². The molecular weight excluding hydrogens is 668 g/mol. The number of unbranched alkanes of at least 4 members (excludes halogenated alkanes) is 6. The van der Waals surface area contributed by atoms with Gasteiger partial charge in [-0.2, -0.15) is 0 Å². The summed E-state index contributed by atoms with van der Waals surface area (Å²) >= 11 is 0. The van der Waals surface area contributed by atoms with Crippen molar-refractivity contribution >= 4 is 29.8 Å². The van der Waals surface area contributed by atoms with Crippen molar-refractivity contribution in [3.63, 3.8) is 0 Å². The van der Waals surface area contributed by atoms with E-state index in [-0.39, 0.29) is 35.7 Å². The molecule has 2 saturated carbocycles. The first-order chi connectivity index (χ1) is 25.1. The summed E-state index contributed by atoms with van der Waals surface area (Å²) in [4.78, 5) is 60.6. The molecule has 3 rings (SSSR count). The normalized spacial score (nSPS) is 19.5. The first kappa shape index (κ1) is 42.0. The zero-order chi connectivity index (χ0) is 37.7. The molecule has 1 aromatic rings. The zero-order valence-corrected chi connectivity index (χ0v) is 30.7. The summed E-state index contributed by atoms with van der Waals surface area (Å²) in [6.07, 6.45) is 13.6. The number of esters is 5. The SMILES string of the molecule is C=CC(=O)OCCCCCCOC(=C)C1CCC(C(=O)Oc2ccc(OC(=O)C3CCC(C(=O)OCCCCCCOC(=O)C=C)C3)c(C)c2)CC1. The lowest BCUT2D eigenvalue weighted by atomic mass is 9.81. The number of aryl methyl sites for hydroxylation is 1.